The van der Waals surface area contributed by atoms with Crippen LogP contribution in [0.2, 0.25) is 0 Å². The molecule has 0 aliphatic rings. The number of carboxylic acid groups (broad SMARTS) is 1. The van der Waals surface area contributed by atoms with Gasteiger partial charge in [-0.05, 0) is 16.9 Å². The first kappa shape index (κ1) is 17.2. The van der Waals surface area contributed by atoms with Crippen molar-refractivity contribution in [2.75, 3.05) is 0 Å². The van der Waals surface area contributed by atoms with Crippen LogP contribution in [0, 0.1) is 11.3 Å². The summed E-state index contributed by atoms with van der Waals surface area (Å²) in [6, 6.07) is 8.44. The van der Waals surface area contributed by atoms with Gasteiger partial charge in [0.25, 0.3) is 0 Å². The van der Waals surface area contributed by atoms with Gasteiger partial charge < -0.3 is 10.4 Å². The van der Waals surface area contributed by atoms with E-state index in [0.29, 0.717) is 12.8 Å². The Hall–Kier alpha value is -1.84. The molecule has 116 valence electrons. The van der Waals surface area contributed by atoms with E-state index >= 15 is 0 Å². The average Bonchev–Trinajstić information content (AvgIpc) is 2.37. The van der Waals surface area contributed by atoms with Gasteiger partial charge in [0.05, 0.1) is 0 Å². The maximum absolute atomic E-state index is 12.0. The van der Waals surface area contributed by atoms with E-state index < -0.39 is 12.0 Å². The maximum atomic E-state index is 12.0. The molecular weight excluding hydrogens is 266 g/mol. The molecule has 0 radical (unpaired) electrons. The zero-order valence-electron chi connectivity index (χ0n) is 13.2. The van der Waals surface area contributed by atoms with Gasteiger partial charge in [0, 0.05) is 12.8 Å². The van der Waals surface area contributed by atoms with Gasteiger partial charge in [-0.2, -0.15) is 0 Å². The van der Waals surface area contributed by atoms with Crippen molar-refractivity contribution in [3.05, 3.63) is 35.9 Å². The normalized spacial score (nSPS) is 14.3. The smallest absolute Gasteiger partial charge is 0.326 e. The number of benzene rings is 1. The van der Waals surface area contributed by atoms with E-state index in [1.165, 1.54) is 0 Å². The number of hydrogen-bond acceptors (Lipinski definition) is 2. The Morgan fingerprint density at radius 1 is 1.19 bits per heavy atom. The second-order valence-electron chi connectivity index (χ2n) is 6.62. The van der Waals surface area contributed by atoms with Crippen molar-refractivity contribution in [2.45, 2.75) is 46.6 Å². The molecule has 4 heteroatoms. The zero-order valence-corrected chi connectivity index (χ0v) is 13.2. The van der Waals surface area contributed by atoms with E-state index in [1.807, 2.05) is 37.3 Å². The highest BCUT2D eigenvalue weighted by molar-refractivity contribution is 5.83. The van der Waals surface area contributed by atoms with Gasteiger partial charge in [-0.3, -0.25) is 4.79 Å². The lowest BCUT2D eigenvalue weighted by molar-refractivity contribution is -0.142. The molecule has 1 aromatic rings. The SMILES string of the molecule is CC(CC(=O)NC(Cc1ccccc1)C(=O)O)C(C)(C)C. The van der Waals surface area contributed by atoms with Crippen LogP contribution in [0.15, 0.2) is 30.3 Å². The van der Waals surface area contributed by atoms with Crippen LogP contribution in [-0.4, -0.2) is 23.0 Å². The lowest BCUT2D eigenvalue weighted by Crippen LogP contribution is -2.43. The molecule has 1 rings (SSSR count). The number of hydrogen-bond donors (Lipinski definition) is 2. The van der Waals surface area contributed by atoms with Crippen LogP contribution in [0.4, 0.5) is 0 Å². The molecule has 0 aliphatic carbocycles. The Balaban J connectivity index is 2.63. The Bertz CT molecular complexity index is 477. The predicted molar refractivity (Wildman–Crippen MR) is 82.9 cm³/mol. The third-order valence-electron chi connectivity index (χ3n) is 3.89. The molecule has 0 fully saturated rings. The number of rotatable bonds is 6. The van der Waals surface area contributed by atoms with Gasteiger partial charge in [0.2, 0.25) is 5.91 Å². The van der Waals surface area contributed by atoms with Crippen LogP contribution in [0.25, 0.3) is 0 Å². The fourth-order valence-corrected chi connectivity index (χ4v) is 1.89. The summed E-state index contributed by atoms with van der Waals surface area (Å²) in [6.45, 7) is 8.23. The Morgan fingerprint density at radius 2 is 1.76 bits per heavy atom. The lowest BCUT2D eigenvalue weighted by atomic mass is 9.80. The largest absolute Gasteiger partial charge is 0.480 e. The van der Waals surface area contributed by atoms with Crippen LogP contribution >= 0.6 is 0 Å². The van der Waals surface area contributed by atoms with Crippen molar-refractivity contribution in [3.8, 4) is 0 Å². The zero-order chi connectivity index (χ0) is 16.0. The van der Waals surface area contributed by atoms with Crippen LogP contribution in [0.1, 0.15) is 39.7 Å². The number of nitrogens with one attached hydrogen (secondary N) is 1. The Morgan fingerprint density at radius 3 is 2.24 bits per heavy atom. The fourth-order valence-electron chi connectivity index (χ4n) is 1.89. The molecule has 2 atom stereocenters. The van der Waals surface area contributed by atoms with E-state index in [9.17, 15) is 14.7 Å². The van der Waals surface area contributed by atoms with Gasteiger partial charge in [-0.25, -0.2) is 4.79 Å². The van der Waals surface area contributed by atoms with Gasteiger partial charge in [0.1, 0.15) is 6.04 Å². The summed E-state index contributed by atoms with van der Waals surface area (Å²) in [5, 5.41) is 11.9. The molecule has 1 amide bonds. The maximum Gasteiger partial charge on any atom is 0.326 e. The summed E-state index contributed by atoms with van der Waals surface area (Å²) in [7, 11) is 0. The molecule has 1 aromatic carbocycles. The standard InChI is InChI=1S/C17H25NO3/c1-12(17(2,3)4)10-15(19)18-14(16(20)21)11-13-8-6-5-7-9-13/h5-9,12,14H,10-11H2,1-4H3,(H,18,19)(H,20,21). The highest BCUT2D eigenvalue weighted by Gasteiger charge is 2.25. The van der Waals surface area contributed by atoms with Crippen molar-refractivity contribution >= 4 is 11.9 Å². The molecule has 4 nitrogen and oxygen atoms in total. The molecule has 0 spiro atoms. The van der Waals surface area contributed by atoms with Crippen molar-refractivity contribution in [2.24, 2.45) is 11.3 Å². The minimum atomic E-state index is -1.00. The molecule has 0 aliphatic heterocycles. The molecule has 0 saturated carbocycles. The average molecular weight is 291 g/mol. The highest BCUT2D eigenvalue weighted by Crippen LogP contribution is 2.27. The Kier molecular flexibility index (Phi) is 5.94. The Labute approximate surface area is 126 Å². The van der Waals surface area contributed by atoms with Crippen molar-refractivity contribution in [1.82, 2.24) is 5.32 Å². The predicted octanol–water partition coefficient (Wildman–Crippen LogP) is 2.87. The number of amides is 1. The molecule has 2 N–H and O–H groups in total. The molecule has 0 saturated heterocycles. The topological polar surface area (TPSA) is 66.4 Å². The van der Waals surface area contributed by atoms with Gasteiger partial charge in [-0.1, -0.05) is 58.0 Å². The van der Waals surface area contributed by atoms with E-state index in [2.05, 4.69) is 26.1 Å². The summed E-state index contributed by atoms with van der Waals surface area (Å²) in [4.78, 5) is 23.3. The quantitative estimate of drug-likeness (QED) is 0.847. The van der Waals surface area contributed by atoms with Gasteiger partial charge >= 0.3 is 5.97 Å². The number of carbonyl (C=O) groups is 2. The molecule has 0 aromatic heterocycles. The molecule has 0 bridgehead atoms. The van der Waals surface area contributed by atoms with Crippen LogP contribution < -0.4 is 5.32 Å². The first-order chi connectivity index (χ1) is 9.70. The number of carbonyl (C=O) groups excluding carboxylic acids is 1. The first-order valence-electron chi connectivity index (χ1n) is 7.26. The van der Waals surface area contributed by atoms with Crippen LogP contribution in [0.3, 0.4) is 0 Å². The van der Waals surface area contributed by atoms with Crippen molar-refractivity contribution in [3.63, 3.8) is 0 Å². The second-order valence-corrected chi connectivity index (χ2v) is 6.62. The summed E-state index contributed by atoms with van der Waals surface area (Å²) >= 11 is 0. The second kappa shape index (κ2) is 7.25. The summed E-state index contributed by atoms with van der Waals surface area (Å²) in [6.07, 6.45) is 0.633. The number of carboxylic acids is 1. The van der Waals surface area contributed by atoms with E-state index in [4.69, 9.17) is 0 Å². The highest BCUT2D eigenvalue weighted by atomic mass is 16.4. The monoisotopic (exact) mass is 291 g/mol. The van der Waals surface area contributed by atoms with E-state index in [0.717, 1.165) is 5.56 Å². The third kappa shape index (κ3) is 5.98. The molecule has 0 heterocycles. The summed E-state index contributed by atoms with van der Waals surface area (Å²) in [5.74, 6) is -1.03. The van der Waals surface area contributed by atoms with Gasteiger partial charge in [-0.15, -0.1) is 0 Å². The number of aliphatic carboxylic acids is 1. The summed E-state index contributed by atoms with van der Waals surface area (Å²) < 4.78 is 0. The minimum Gasteiger partial charge on any atom is -0.480 e. The van der Waals surface area contributed by atoms with Crippen LogP contribution in [0.5, 0.6) is 0 Å². The third-order valence-corrected chi connectivity index (χ3v) is 3.89. The molecule has 21 heavy (non-hydrogen) atoms. The summed E-state index contributed by atoms with van der Waals surface area (Å²) in [5.41, 5.74) is 0.921. The van der Waals surface area contributed by atoms with Crippen molar-refractivity contribution in [1.29, 1.82) is 0 Å². The van der Waals surface area contributed by atoms with Gasteiger partial charge in [0.15, 0.2) is 0 Å². The van der Waals surface area contributed by atoms with Crippen LogP contribution in [-0.2, 0) is 16.0 Å². The lowest BCUT2D eigenvalue weighted by Gasteiger charge is -2.27. The minimum absolute atomic E-state index is 0.0233. The fraction of sp³-hybridized carbons (Fsp3) is 0.529. The van der Waals surface area contributed by atoms with E-state index in [-0.39, 0.29) is 17.2 Å². The molecular formula is C17H25NO3. The molecule has 2 unspecified atom stereocenters. The van der Waals surface area contributed by atoms with Crippen molar-refractivity contribution < 1.29 is 14.7 Å². The van der Waals surface area contributed by atoms with E-state index in [1.54, 1.807) is 0 Å². The first-order valence-corrected chi connectivity index (χ1v) is 7.26.